The van der Waals surface area contributed by atoms with Crippen LogP contribution in [-0.2, 0) is 11.3 Å². The van der Waals surface area contributed by atoms with Crippen LogP contribution in [0.1, 0.15) is 45.7 Å². The van der Waals surface area contributed by atoms with Gasteiger partial charge in [-0.1, -0.05) is 34.3 Å². The smallest absolute Gasteiger partial charge is 0.270 e. The van der Waals surface area contributed by atoms with Gasteiger partial charge in [-0.2, -0.15) is 5.10 Å². The Kier molecular flexibility index (Phi) is 7.64. The number of carbonyl (C=O) groups is 1. The van der Waals surface area contributed by atoms with Gasteiger partial charge < -0.3 is 15.2 Å². The number of aromatic nitrogens is 2. The number of nitrogens with one attached hydrogen (secondary N) is 1. The zero-order valence-electron chi connectivity index (χ0n) is 14.8. The summed E-state index contributed by atoms with van der Waals surface area (Å²) in [5.41, 5.74) is 0.634. The van der Waals surface area contributed by atoms with Gasteiger partial charge in [0.15, 0.2) is 0 Å². The third kappa shape index (κ3) is 6.16. The second kappa shape index (κ2) is 9.22. The summed E-state index contributed by atoms with van der Waals surface area (Å²) in [5, 5.41) is 15.6. The van der Waals surface area contributed by atoms with Crippen molar-refractivity contribution in [2.75, 3.05) is 13.2 Å². The summed E-state index contributed by atoms with van der Waals surface area (Å²) in [7, 11) is 0. The Morgan fingerprint density at radius 3 is 2.62 bits per heavy atom. The van der Waals surface area contributed by atoms with Gasteiger partial charge in [0.2, 0.25) is 5.91 Å². The fourth-order valence-electron chi connectivity index (χ4n) is 1.94. The lowest BCUT2D eigenvalue weighted by molar-refractivity contribution is -0.121. The van der Waals surface area contributed by atoms with Gasteiger partial charge in [0, 0.05) is 30.7 Å². The van der Waals surface area contributed by atoms with Crippen molar-refractivity contribution in [2.45, 2.75) is 46.6 Å². The van der Waals surface area contributed by atoms with Crippen LogP contribution in [0.5, 0.6) is 5.75 Å². The first-order chi connectivity index (χ1) is 11.2. The molecule has 7 heteroatoms. The number of hydrogen-bond acceptors (Lipinski definition) is 5. The second-order valence-electron chi connectivity index (χ2n) is 6.37. The van der Waals surface area contributed by atoms with Gasteiger partial charge >= 0.3 is 0 Å². The van der Waals surface area contributed by atoms with E-state index in [0.29, 0.717) is 29.7 Å². The first kappa shape index (κ1) is 19.9. The number of rotatable bonds is 9. The van der Waals surface area contributed by atoms with Crippen LogP contribution in [0.15, 0.2) is 23.1 Å². The van der Waals surface area contributed by atoms with Crippen LogP contribution >= 0.6 is 0 Å². The minimum absolute atomic E-state index is 0.0476. The average Bonchev–Trinajstić information content (AvgIpc) is 2.47. The SMILES string of the molecule is C=C(CCO)NC(=O)Cn1nc(C(C)C)c(OCC(C)C)cc1=O. The van der Waals surface area contributed by atoms with Crippen molar-refractivity contribution < 1.29 is 14.6 Å². The van der Waals surface area contributed by atoms with Gasteiger partial charge in [-0.25, -0.2) is 4.68 Å². The predicted octanol–water partition coefficient (Wildman–Crippen LogP) is 1.41. The van der Waals surface area contributed by atoms with Crippen LogP contribution in [-0.4, -0.2) is 34.0 Å². The van der Waals surface area contributed by atoms with Crippen molar-refractivity contribution in [1.82, 2.24) is 15.1 Å². The molecule has 2 N–H and O–H groups in total. The van der Waals surface area contributed by atoms with E-state index < -0.39 is 11.5 Å². The largest absolute Gasteiger partial charge is 0.491 e. The third-order valence-corrected chi connectivity index (χ3v) is 3.13. The number of hydrogen-bond donors (Lipinski definition) is 2. The molecule has 0 saturated carbocycles. The Morgan fingerprint density at radius 2 is 2.08 bits per heavy atom. The monoisotopic (exact) mass is 337 g/mol. The van der Waals surface area contributed by atoms with Crippen LogP contribution in [0, 0.1) is 5.92 Å². The maximum atomic E-state index is 12.2. The van der Waals surface area contributed by atoms with Crippen molar-refractivity contribution in [1.29, 1.82) is 0 Å². The van der Waals surface area contributed by atoms with Crippen LogP contribution < -0.4 is 15.6 Å². The van der Waals surface area contributed by atoms with Gasteiger partial charge in [-0.05, 0) is 5.92 Å². The van der Waals surface area contributed by atoms with Crippen LogP contribution in [0.4, 0.5) is 0 Å². The molecule has 0 aliphatic heterocycles. The molecule has 0 spiro atoms. The van der Waals surface area contributed by atoms with Crippen LogP contribution in [0.2, 0.25) is 0 Å². The highest BCUT2D eigenvalue weighted by Crippen LogP contribution is 2.22. The Bertz CT molecular complexity index is 635. The second-order valence-corrected chi connectivity index (χ2v) is 6.37. The lowest BCUT2D eigenvalue weighted by atomic mass is 10.1. The number of aliphatic hydroxyl groups is 1. The molecule has 0 saturated heterocycles. The zero-order chi connectivity index (χ0) is 18.3. The minimum atomic E-state index is -0.409. The molecule has 0 fully saturated rings. The summed E-state index contributed by atoms with van der Waals surface area (Å²) < 4.78 is 6.79. The van der Waals surface area contributed by atoms with Crippen molar-refractivity contribution >= 4 is 5.91 Å². The van der Waals surface area contributed by atoms with Crippen molar-refractivity contribution in [2.24, 2.45) is 5.92 Å². The topological polar surface area (TPSA) is 93.5 Å². The highest BCUT2D eigenvalue weighted by Gasteiger charge is 2.16. The third-order valence-electron chi connectivity index (χ3n) is 3.13. The summed E-state index contributed by atoms with van der Waals surface area (Å²) in [6.45, 7) is 11.7. The van der Waals surface area contributed by atoms with E-state index in [1.54, 1.807) is 0 Å². The molecule has 0 aromatic carbocycles. The molecule has 0 bridgehead atoms. The summed E-state index contributed by atoms with van der Waals surface area (Å²) in [4.78, 5) is 24.1. The molecule has 1 aromatic rings. The highest BCUT2D eigenvalue weighted by atomic mass is 16.5. The predicted molar refractivity (Wildman–Crippen MR) is 91.9 cm³/mol. The van der Waals surface area contributed by atoms with Gasteiger partial charge in [0.1, 0.15) is 18.0 Å². The maximum absolute atomic E-state index is 12.2. The van der Waals surface area contributed by atoms with Crippen LogP contribution in [0.3, 0.4) is 0 Å². The van der Waals surface area contributed by atoms with Gasteiger partial charge in [0.05, 0.1) is 6.61 Å². The Labute approximate surface area is 142 Å². The van der Waals surface area contributed by atoms with Gasteiger partial charge in [-0.3, -0.25) is 9.59 Å². The molecule has 0 aliphatic rings. The number of aliphatic hydroxyl groups excluding tert-OH is 1. The zero-order valence-corrected chi connectivity index (χ0v) is 14.8. The molecular formula is C17H27N3O4. The van der Waals surface area contributed by atoms with Crippen molar-refractivity contribution in [3.05, 3.63) is 34.4 Å². The molecule has 1 heterocycles. The van der Waals surface area contributed by atoms with Gasteiger partial charge in [0.25, 0.3) is 5.56 Å². The van der Waals surface area contributed by atoms with E-state index in [4.69, 9.17) is 9.84 Å². The van der Waals surface area contributed by atoms with E-state index in [2.05, 4.69) is 17.0 Å². The number of nitrogens with zero attached hydrogens (tertiary/aromatic N) is 2. The average molecular weight is 337 g/mol. The molecular weight excluding hydrogens is 310 g/mol. The summed E-state index contributed by atoms with van der Waals surface area (Å²) >= 11 is 0. The molecule has 1 aromatic heterocycles. The quantitative estimate of drug-likeness (QED) is 0.711. The molecule has 24 heavy (non-hydrogen) atoms. The minimum Gasteiger partial charge on any atom is -0.491 e. The summed E-state index contributed by atoms with van der Waals surface area (Å²) in [6.07, 6.45) is 0.271. The molecule has 0 radical (unpaired) electrons. The Hall–Kier alpha value is -2.15. The van der Waals surface area contributed by atoms with Crippen LogP contribution in [0.25, 0.3) is 0 Å². The molecule has 7 nitrogen and oxygen atoms in total. The lowest BCUT2D eigenvalue weighted by Crippen LogP contribution is -2.34. The summed E-state index contributed by atoms with van der Waals surface area (Å²) in [6, 6.07) is 1.38. The first-order valence-corrected chi connectivity index (χ1v) is 8.08. The van der Waals surface area contributed by atoms with E-state index >= 15 is 0 Å². The Balaban J connectivity index is 2.96. The molecule has 1 rings (SSSR count). The fourth-order valence-corrected chi connectivity index (χ4v) is 1.94. The van der Waals surface area contributed by atoms with E-state index in [1.807, 2.05) is 27.7 Å². The maximum Gasteiger partial charge on any atom is 0.270 e. The normalized spacial score (nSPS) is 11.0. The number of amides is 1. The fraction of sp³-hybridized carbons (Fsp3) is 0.588. The standard InChI is InChI=1S/C17H27N3O4/c1-11(2)10-24-14-8-16(23)20(19-17(14)12(3)4)9-15(22)18-13(5)6-7-21/h8,11-12,21H,5-7,9-10H2,1-4H3,(H,18,22). The number of carbonyl (C=O) groups excluding carboxylic acids is 1. The molecule has 0 atom stereocenters. The van der Waals surface area contributed by atoms with E-state index in [0.717, 1.165) is 4.68 Å². The molecule has 134 valence electrons. The molecule has 1 amide bonds. The first-order valence-electron chi connectivity index (χ1n) is 8.08. The molecule has 0 aliphatic carbocycles. The van der Waals surface area contributed by atoms with Crippen molar-refractivity contribution in [3.63, 3.8) is 0 Å². The summed E-state index contributed by atoms with van der Waals surface area (Å²) in [5.74, 6) is 0.431. The van der Waals surface area contributed by atoms with Crippen molar-refractivity contribution in [3.8, 4) is 5.75 Å². The number of ether oxygens (including phenoxy) is 1. The van der Waals surface area contributed by atoms with Gasteiger partial charge in [-0.15, -0.1) is 0 Å². The highest BCUT2D eigenvalue weighted by molar-refractivity contribution is 5.77. The lowest BCUT2D eigenvalue weighted by Gasteiger charge is -2.16. The Morgan fingerprint density at radius 1 is 1.42 bits per heavy atom. The molecule has 0 unspecified atom stereocenters. The van der Waals surface area contributed by atoms with E-state index in [9.17, 15) is 9.59 Å². The van der Waals surface area contributed by atoms with E-state index in [-0.39, 0.29) is 25.5 Å². The van der Waals surface area contributed by atoms with E-state index in [1.165, 1.54) is 6.07 Å².